The zero-order chi connectivity index (χ0) is 15.6. The first-order valence-corrected chi connectivity index (χ1v) is 7.52. The largest absolute Gasteiger partial charge is 0.460 e. The van der Waals surface area contributed by atoms with Crippen molar-refractivity contribution < 1.29 is 13.9 Å². The molecular formula is C17H15ClFNO2. The smallest absolute Gasteiger partial charge is 0.316 e. The van der Waals surface area contributed by atoms with Gasteiger partial charge in [0.25, 0.3) is 0 Å². The van der Waals surface area contributed by atoms with E-state index in [-0.39, 0.29) is 18.4 Å². The van der Waals surface area contributed by atoms with Crippen LogP contribution in [0.3, 0.4) is 0 Å². The highest BCUT2D eigenvalue weighted by atomic mass is 35.5. The molecule has 0 spiro atoms. The Morgan fingerprint density at radius 2 is 2.14 bits per heavy atom. The van der Waals surface area contributed by atoms with Gasteiger partial charge >= 0.3 is 5.97 Å². The molecule has 0 saturated heterocycles. The molecule has 0 N–H and O–H groups in total. The first-order valence-electron chi connectivity index (χ1n) is 7.14. The van der Waals surface area contributed by atoms with Crippen molar-refractivity contribution in [3.05, 3.63) is 64.7 Å². The number of nitrogens with zero attached hydrogens (tertiary/aromatic N) is 1. The Labute approximate surface area is 133 Å². The van der Waals surface area contributed by atoms with Crippen molar-refractivity contribution >= 4 is 17.6 Å². The molecule has 1 aliphatic carbocycles. The Balaban J connectivity index is 1.73. The van der Waals surface area contributed by atoms with Crippen molar-refractivity contribution in [1.82, 2.24) is 4.98 Å². The average molecular weight is 320 g/mol. The number of halogens is 2. The summed E-state index contributed by atoms with van der Waals surface area (Å²) in [5.41, 5.74) is 0.756. The number of carbonyl (C=O) groups is 1. The van der Waals surface area contributed by atoms with Crippen LogP contribution in [-0.2, 0) is 21.6 Å². The molecule has 1 heterocycles. The number of aromatic nitrogens is 1. The van der Waals surface area contributed by atoms with E-state index in [0.717, 1.165) is 12.0 Å². The number of benzene rings is 1. The van der Waals surface area contributed by atoms with Crippen molar-refractivity contribution in [1.29, 1.82) is 0 Å². The molecule has 0 amide bonds. The van der Waals surface area contributed by atoms with E-state index in [1.54, 1.807) is 30.5 Å². The van der Waals surface area contributed by atoms with Gasteiger partial charge in [-0.05, 0) is 36.6 Å². The monoisotopic (exact) mass is 319 g/mol. The lowest BCUT2D eigenvalue weighted by atomic mass is 9.64. The van der Waals surface area contributed by atoms with Crippen LogP contribution < -0.4 is 0 Å². The van der Waals surface area contributed by atoms with Gasteiger partial charge in [0.05, 0.1) is 5.41 Å². The number of hydrogen-bond donors (Lipinski definition) is 0. The molecule has 1 aromatic heterocycles. The molecule has 1 aliphatic rings. The predicted molar refractivity (Wildman–Crippen MR) is 81.0 cm³/mol. The second kappa shape index (κ2) is 6.05. The van der Waals surface area contributed by atoms with E-state index < -0.39 is 5.41 Å². The summed E-state index contributed by atoms with van der Waals surface area (Å²) in [5, 5.41) is 0.394. The van der Waals surface area contributed by atoms with Crippen molar-refractivity contribution in [2.45, 2.75) is 31.3 Å². The van der Waals surface area contributed by atoms with Crippen molar-refractivity contribution in [3.8, 4) is 0 Å². The third-order valence-corrected chi connectivity index (χ3v) is 4.36. The minimum absolute atomic E-state index is 0.139. The lowest BCUT2D eigenvalue weighted by molar-refractivity contribution is -0.155. The molecule has 3 nitrogen and oxygen atoms in total. The van der Waals surface area contributed by atoms with Gasteiger partial charge in [0, 0.05) is 11.8 Å². The van der Waals surface area contributed by atoms with E-state index >= 15 is 0 Å². The second-order valence-corrected chi connectivity index (χ2v) is 5.90. The van der Waals surface area contributed by atoms with E-state index in [0.29, 0.717) is 23.6 Å². The van der Waals surface area contributed by atoms with E-state index in [2.05, 4.69) is 4.98 Å². The summed E-state index contributed by atoms with van der Waals surface area (Å²) >= 11 is 5.72. The van der Waals surface area contributed by atoms with Gasteiger partial charge in [-0.2, -0.15) is 0 Å². The highest BCUT2D eigenvalue weighted by molar-refractivity contribution is 6.29. The third-order valence-electron chi connectivity index (χ3n) is 4.13. The summed E-state index contributed by atoms with van der Waals surface area (Å²) in [6.45, 7) is 0.139. The van der Waals surface area contributed by atoms with Crippen LogP contribution in [0.5, 0.6) is 0 Å². The lowest BCUT2D eigenvalue weighted by Crippen LogP contribution is -2.43. The summed E-state index contributed by atoms with van der Waals surface area (Å²) < 4.78 is 18.9. The topological polar surface area (TPSA) is 39.2 Å². The van der Waals surface area contributed by atoms with E-state index in [4.69, 9.17) is 16.3 Å². The number of rotatable bonds is 4. The van der Waals surface area contributed by atoms with Gasteiger partial charge in [-0.3, -0.25) is 4.79 Å². The van der Waals surface area contributed by atoms with Crippen LogP contribution >= 0.6 is 11.6 Å². The molecule has 1 saturated carbocycles. The van der Waals surface area contributed by atoms with Crippen LogP contribution in [0.1, 0.15) is 30.4 Å². The molecule has 1 fully saturated rings. The molecule has 3 rings (SSSR count). The summed E-state index contributed by atoms with van der Waals surface area (Å²) in [4.78, 5) is 16.5. The predicted octanol–water partition coefficient (Wildman–Crippen LogP) is 4.04. The summed E-state index contributed by atoms with van der Waals surface area (Å²) in [7, 11) is 0. The maximum Gasteiger partial charge on any atom is 0.316 e. The van der Waals surface area contributed by atoms with Crippen LogP contribution in [0.4, 0.5) is 4.39 Å². The van der Waals surface area contributed by atoms with Gasteiger partial charge in [0.15, 0.2) is 0 Å². The van der Waals surface area contributed by atoms with E-state index in [1.165, 1.54) is 12.1 Å². The number of ether oxygens (including phenoxy) is 1. The Hall–Kier alpha value is -1.94. The Bertz CT molecular complexity index is 683. The van der Waals surface area contributed by atoms with Crippen molar-refractivity contribution in [2.75, 3.05) is 0 Å². The number of esters is 1. The number of pyridine rings is 1. The molecule has 114 valence electrons. The number of carbonyl (C=O) groups excluding carboxylic acids is 1. The average Bonchev–Trinajstić information content (AvgIpc) is 2.46. The highest BCUT2D eigenvalue weighted by Crippen LogP contribution is 2.45. The Morgan fingerprint density at radius 1 is 1.32 bits per heavy atom. The highest BCUT2D eigenvalue weighted by Gasteiger charge is 2.47. The van der Waals surface area contributed by atoms with Gasteiger partial charge in [0.2, 0.25) is 0 Å². The molecule has 0 radical (unpaired) electrons. The molecular weight excluding hydrogens is 305 g/mol. The van der Waals surface area contributed by atoms with Gasteiger partial charge in [-0.15, -0.1) is 0 Å². The standard InChI is InChI=1S/C17H15ClFNO2/c18-15-6-5-12(10-20-15)11-22-16(21)17(7-2-8-17)13-3-1-4-14(19)9-13/h1,3-6,9-10H,2,7-8,11H2. The van der Waals surface area contributed by atoms with E-state index in [9.17, 15) is 9.18 Å². The van der Waals surface area contributed by atoms with Gasteiger partial charge < -0.3 is 4.74 Å². The summed E-state index contributed by atoms with van der Waals surface area (Å²) in [6.07, 6.45) is 3.89. The fraction of sp³-hybridized carbons (Fsp3) is 0.294. The van der Waals surface area contributed by atoms with Gasteiger partial charge in [0.1, 0.15) is 17.6 Å². The fourth-order valence-electron chi connectivity index (χ4n) is 2.71. The summed E-state index contributed by atoms with van der Waals surface area (Å²) in [6, 6.07) is 9.62. The molecule has 0 atom stereocenters. The Kier molecular flexibility index (Phi) is 4.12. The van der Waals surface area contributed by atoms with Crippen LogP contribution in [-0.4, -0.2) is 11.0 Å². The fourth-order valence-corrected chi connectivity index (χ4v) is 2.82. The zero-order valence-electron chi connectivity index (χ0n) is 11.9. The normalized spacial score (nSPS) is 15.9. The maximum absolute atomic E-state index is 13.4. The molecule has 2 aromatic rings. The molecule has 5 heteroatoms. The van der Waals surface area contributed by atoms with E-state index in [1.807, 2.05) is 0 Å². The maximum atomic E-state index is 13.4. The van der Waals surface area contributed by atoms with Gasteiger partial charge in [-0.25, -0.2) is 9.37 Å². The zero-order valence-corrected chi connectivity index (χ0v) is 12.6. The third kappa shape index (κ3) is 2.83. The van der Waals surface area contributed by atoms with Crippen LogP contribution in [0.25, 0.3) is 0 Å². The number of hydrogen-bond acceptors (Lipinski definition) is 3. The second-order valence-electron chi connectivity index (χ2n) is 5.51. The molecule has 0 bridgehead atoms. The first kappa shape index (κ1) is 15.0. The lowest BCUT2D eigenvalue weighted by Gasteiger charge is -2.39. The molecule has 1 aromatic carbocycles. The quantitative estimate of drug-likeness (QED) is 0.630. The molecule has 0 aliphatic heterocycles. The van der Waals surface area contributed by atoms with Crippen LogP contribution in [0, 0.1) is 5.82 Å². The minimum atomic E-state index is -0.706. The summed E-state index contributed by atoms with van der Waals surface area (Å²) in [5.74, 6) is -0.641. The van der Waals surface area contributed by atoms with Crippen LogP contribution in [0.15, 0.2) is 42.6 Å². The van der Waals surface area contributed by atoms with Gasteiger partial charge in [-0.1, -0.05) is 36.2 Å². The SMILES string of the molecule is O=C(OCc1ccc(Cl)nc1)C1(c2cccc(F)c2)CCC1. The Morgan fingerprint density at radius 3 is 2.73 bits per heavy atom. The molecule has 0 unspecified atom stereocenters. The first-order chi connectivity index (χ1) is 10.6. The molecule has 22 heavy (non-hydrogen) atoms. The minimum Gasteiger partial charge on any atom is -0.460 e. The van der Waals surface area contributed by atoms with Crippen molar-refractivity contribution in [2.24, 2.45) is 0 Å². The van der Waals surface area contributed by atoms with Crippen LogP contribution in [0.2, 0.25) is 5.15 Å². The van der Waals surface area contributed by atoms with Crippen molar-refractivity contribution in [3.63, 3.8) is 0 Å².